The van der Waals surface area contributed by atoms with Gasteiger partial charge in [-0.15, -0.1) is 0 Å². The van der Waals surface area contributed by atoms with E-state index < -0.39 is 24.4 Å². The van der Waals surface area contributed by atoms with E-state index in [1.54, 1.807) is 0 Å². The van der Waals surface area contributed by atoms with Crippen LogP contribution in [0.2, 0.25) is 0 Å². The number of carbonyl (C=O) groups is 1. The minimum Gasteiger partial charge on any atom is -0.465 e. The molecular formula is C15H24BNO4. The lowest BCUT2D eigenvalue weighted by Gasteiger charge is -2.57. The highest BCUT2D eigenvalue weighted by molar-refractivity contribution is 6.48. The van der Waals surface area contributed by atoms with E-state index in [-0.39, 0.29) is 11.4 Å². The van der Waals surface area contributed by atoms with Crippen molar-refractivity contribution in [1.82, 2.24) is 4.90 Å². The van der Waals surface area contributed by atoms with Crippen molar-refractivity contribution in [2.24, 2.45) is 5.41 Å². The summed E-state index contributed by atoms with van der Waals surface area (Å²) < 4.78 is 12.2. The van der Waals surface area contributed by atoms with Crippen LogP contribution in [0.15, 0.2) is 12.2 Å². The van der Waals surface area contributed by atoms with Crippen LogP contribution in [0.3, 0.4) is 0 Å². The number of allylic oxidation sites excluding steroid dienone is 2. The number of rotatable bonds is 1. The minimum atomic E-state index is -0.880. The quantitative estimate of drug-likeness (QED) is 0.596. The van der Waals surface area contributed by atoms with Gasteiger partial charge < -0.3 is 19.3 Å². The van der Waals surface area contributed by atoms with Gasteiger partial charge in [0.25, 0.3) is 0 Å². The molecule has 2 fully saturated rings. The van der Waals surface area contributed by atoms with Crippen molar-refractivity contribution in [3.63, 3.8) is 0 Å². The number of nitrogens with zero attached hydrogens (tertiary/aromatic N) is 1. The summed E-state index contributed by atoms with van der Waals surface area (Å²) in [4.78, 5) is 13.0. The first kappa shape index (κ1) is 14.9. The van der Waals surface area contributed by atoms with Crippen molar-refractivity contribution in [2.75, 3.05) is 6.54 Å². The molecule has 2 saturated heterocycles. The molecule has 0 saturated carbocycles. The Balaban J connectivity index is 1.87. The summed E-state index contributed by atoms with van der Waals surface area (Å²) in [7, 11) is -0.480. The largest absolute Gasteiger partial charge is 0.482 e. The van der Waals surface area contributed by atoms with E-state index in [9.17, 15) is 9.90 Å². The first-order valence-electron chi connectivity index (χ1n) is 7.69. The highest BCUT2D eigenvalue weighted by Gasteiger charge is 2.65. The van der Waals surface area contributed by atoms with Crippen LogP contribution < -0.4 is 0 Å². The van der Waals surface area contributed by atoms with Gasteiger partial charge in [0.05, 0.1) is 17.1 Å². The smallest absolute Gasteiger partial charge is 0.465 e. The summed E-state index contributed by atoms with van der Waals surface area (Å²) in [6, 6.07) is 0. The molecule has 0 radical (unpaired) electrons. The lowest BCUT2D eigenvalue weighted by atomic mass is 9.52. The molecule has 3 aliphatic rings. The van der Waals surface area contributed by atoms with Crippen LogP contribution in [-0.4, -0.2) is 46.9 Å². The van der Waals surface area contributed by atoms with Crippen molar-refractivity contribution in [3.8, 4) is 0 Å². The van der Waals surface area contributed by atoms with Gasteiger partial charge in [-0.05, 0) is 47.0 Å². The van der Waals surface area contributed by atoms with Gasteiger partial charge >= 0.3 is 13.2 Å². The second-order valence-electron chi connectivity index (χ2n) is 7.56. The summed E-state index contributed by atoms with van der Waals surface area (Å²) in [5, 5.41) is 9.43. The molecule has 0 bridgehead atoms. The van der Waals surface area contributed by atoms with E-state index in [2.05, 4.69) is 12.2 Å². The zero-order valence-corrected chi connectivity index (χ0v) is 13.3. The second kappa shape index (κ2) is 4.49. The normalized spacial score (nSPS) is 36.9. The third kappa shape index (κ3) is 2.11. The maximum Gasteiger partial charge on any atom is 0.482 e. The van der Waals surface area contributed by atoms with Gasteiger partial charge in [-0.25, -0.2) is 4.79 Å². The van der Waals surface area contributed by atoms with Gasteiger partial charge in [-0.3, -0.25) is 0 Å². The van der Waals surface area contributed by atoms with Crippen LogP contribution in [0.5, 0.6) is 0 Å². The zero-order valence-electron chi connectivity index (χ0n) is 13.3. The molecule has 1 spiro atoms. The topological polar surface area (TPSA) is 59.0 Å². The van der Waals surface area contributed by atoms with Gasteiger partial charge in [-0.1, -0.05) is 12.2 Å². The predicted molar refractivity (Wildman–Crippen MR) is 80.0 cm³/mol. The summed E-state index contributed by atoms with van der Waals surface area (Å²) in [5.74, 6) is -0.207. The Bertz CT molecular complexity index is 474. The van der Waals surface area contributed by atoms with E-state index in [4.69, 9.17) is 9.31 Å². The molecule has 0 aromatic rings. The lowest BCUT2D eigenvalue weighted by Crippen LogP contribution is -2.72. The van der Waals surface area contributed by atoms with E-state index in [0.29, 0.717) is 6.54 Å². The molecule has 1 amide bonds. The summed E-state index contributed by atoms with van der Waals surface area (Å²) >= 11 is 0. The number of hydrogen-bond donors (Lipinski definition) is 1. The number of hydrogen-bond acceptors (Lipinski definition) is 3. The Kier molecular flexibility index (Phi) is 3.19. The molecule has 1 aliphatic carbocycles. The summed E-state index contributed by atoms with van der Waals surface area (Å²) in [6.07, 6.45) is 6.38. The Morgan fingerprint density at radius 1 is 1.24 bits per heavy atom. The van der Waals surface area contributed by atoms with Crippen molar-refractivity contribution < 1.29 is 19.2 Å². The molecular weight excluding hydrogens is 269 g/mol. The van der Waals surface area contributed by atoms with Crippen LogP contribution in [0, 0.1) is 5.41 Å². The Morgan fingerprint density at radius 2 is 1.86 bits per heavy atom. The van der Waals surface area contributed by atoms with Gasteiger partial charge in [0, 0.05) is 12.0 Å². The van der Waals surface area contributed by atoms with Crippen molar-refractivity contribution in [3.05, 3.63) is 12.2 Å². The Hall–Kier alpha value is -1.01. The Morgan fingerprint density at radius 3 is 2.33 bits per heavy atom. The van der Waals surface area contributed by atoms with Gasteiger partial charge in [0.1, 0.15) is 0 Å². The van der Waals surface area contributed by atoms with E-state index >= 15 is 0 Å². The monoisotopic (exact) mass is 293 g/mol. The fourth-order valence-corrected chi connectivity index (χ4v) is 3.71. The second-order valence-corrected chi connectivity index (χ2v) is 7.56. The molecule has 0 aromatic carbocycles. The molecule has 2 aliphatic heterocycles. The third-order valence-electron chi connectivity index (χ3n) is 5.72. The lowest BCUT2D eigenvalue weighted by molar-refractivity contribution is -0.0393. The van der Waals surface area contributed by atoms with Gasteiger partial charge in [0.15, 0.2) is 0 Å². The van der Waals surface area contributed by atoms with Crippen LogP contribution in [-0.2, 0) is 9.31 Å². The maximum absolute atomic E-state index is 11.5. The van der Waals surface area contributed by atoms with Gasteiger partial charge in [0.2, 0.25) is 0 Å². The predicted octanol–water partition coefficient (Wildman–Crippen LogP) is 2.71. The minimum absolute atomic E-state index is 0.0195. The standard InChI is InChI=1S/C15H24BNO4/c1-13(2)14(3,4)21-16(20-13)11-15(8-6-5-7-9-15)10-17(11)12(18)19/h5-6,11H,7-10H2,1-4H3,(H,18,19). The molecule has 2 atom stereocenters. The maximum atomic E-state index is 11.5. The number of likely N-dealkylation sites (tertiary alicyclic amines) is 1. The van der Waals surface area contributed by atoms with Gasteiger partial charge in [-0.2, -0.15) is 0 Å². The highest BCUT2D eigenvalue weighted by atomic mass is 16.7. The van der Waals surface area contributed by atoms with E-state index in [0.717, 1.165) is 19.3 Å². The number of carboxylic acid groups (broad SMARTS) is 1. The molecule has 116 valence electrons. The fourth-order valence-electron chi connectivity index (χ4n) is 3.71. The molecule has 6 heteroatoms. The van der Waals surface area contributed by atoms with Crippen molar-refractivity contribution in [1.29, 1.82) is 0 Å². The SMILES string of the molecule is CC1(C)OB(C2N(C(=O)O)CC23CC=CCC3)OC1(C)C. The summed E-state index contributed by atoms with van der Waals surface area (Å²) in [5.41, 5.74) is -0.874. The molecule has 2 unspecified atom stereocenters. The van der Waals surface area contributed by atoms with Crippen molar-refractivity contribution >= 4 is 13.2 Å². The van der Waals surface area contributed by atoms with Crippen molar-refractivity contribution in [2.45, 2.75) is 64.1 Å². The molecule has 1 N–H and O–H groups in total. The Labute approximate surface area is 126 Å². The van der Waals surface area contributed by atoms with Crippen LogP contribution in [0.4, 0.5) is 4.79 Å². The summed E-state index contributed by atoms with van der Waals surface area (Å²) in [6.45, 7) is 8.60. The fraction of sp³-hybridized carbons (Fsp3) is 0.800. The highest BCUT2D eigenvalue weighted by Crippen LogP contribution is 2.51. The van der Waals surface area contributed by atoms with E-state index in [1.165, 1.54) is 4.90 Å². The van der Waals surface area contributed by atoms with E-state index in [1.807, 2.05) is 27.7 Å². The first-order chi connectivity index (χ1) is 9.69. The number of amides is 1. The van der Waals surface area contributed by atoms with Crippen LogP contribution in [0.25, 0.3) is 0 Å². The molecule has 0 aromatic heterocycles. The third-order valence-corrected chi connectivity index (χ3v) is 5.72. The average molecular weight is 293 g/mol. The molecule has 5 nitrogen and oxygen atoms in total. The first-order valence-corrected chi connectivity index (χ1v) is 7.69. The van der Waals surface area contributed by atoms with Crippen LogP contribution in [0.1, 0.15) is 47.0 Å². The average Bonchev–Trinajstić information content (AvgIpc) is 2.55. The molecule has 21 heavy (non-hydrogen) atoms. The molecule has 2 heterocycles. The molecule has 3 rings (SSSR count). The zero-order chi connectivity index (χ0) is 15.5. The van der Waals surface area contributed by atoms with Crippen LogP contribution >= 0.6 is 0 Å².